The van der Waals surface area contributed by atoms with Crippen molar-refractivity contribution in [1.82, 2.24) is 9.97 Å². The van der Waals surface area contributed by atoms with Crippen LogP contribution in [0.1, 0.15) is 5.56 Å². The Balaban J connectivity index is 1.99. The van der Waals surface area contributed by atoms with Gasteiger partial charge in [0.05, 0.1) is 5.03 Å². The van der Waals surface area contributed by atoms with E-state index in [2.05, 4.69) is 38.0 Å². The second kappa shape index (κ2) is 5.28. The molecule has 0 saturated heterocycles. The highest BCUT2D eigenvalue weighted by Crippen LogP contribution is 2.21. The SMILES string of the molecule is Brc1cccc(CSc2ccncn2)c1. The largest absolute Gasteiger partial charge is 0.245 e. The fourth-order valence-corrected chi connectivity index (χ4v) is 2.37. The van der Waals surface area contributed by atoms with Gasteiger partial charge >= 0.3 is 0 Å². The number of aromatic nitrogens is 2. The lowest BCUT2D eigenvalue weighted by molar-refractivity contribution is 1.05. The van der Waals surface area contributed by atoms with Gasteiger partial charge in [0, 0.05) is 16.4 Å². The first-order chi connectivity index (χ1) is 7.34. The Morgan fingerprint density at radius 3 is 2.93 bits per heavy atom. The van der Waals surface area contributed by atoms with Crippen molar-refractivity contribution in [3.63, 3.8) is 0 Å². The first kappa shape index (κ1) is 10.6. The summed E-state index contributed by atoms with van der Waals surface area (Å²) in [4.78, 5) is 8.04. The zero-order valence-corrected chi connectivity index (χ0v) is 10.3. The zero-order valence-electron chi connectivity index (χ0n) is 7.93. The van der Waals surface area contributed by atoms with Crippen molar-refractivity contribution in [3.8, 4) is 0 Å². The van der Waals surface area contributed by atoms with Crippen LogP contribution in [-0.2, 0) is 5.75 Å². The third kappa shape index (κ3) is 3.32. The Kier molecular flexibility index (Phi) is 3.75. The number of rotatable bonds is 3. The predicted molar refractivity (Wildman–Crippen MR) is 65.7 cm³/mol. The third-order valence-electron chi connectivity index (χ3n) is 1.83. The van der Waals surface area contributed by atoms with Gasteiger partial charge in [0.2, 0.25) is 0 Å². The van der Waals surface area contributed by atoms with Gasteiger partial charge in [-0.05, 0) is 23.8 Å². The second-order valence-electron chi connectivity index (χ2n) is 2.97. The van der Waals surface area contributed by atoms with E-state index in [1.54, 1.807) is 24.3 Å². The molecule has 0 atom stereocenters. The van der Waals surface area contributed by atoms with Crippen LogP contribution in [-0.4, -0.2) is 9.97 Å². The molecule has 1 heterocycles. The minimum Gasteiger partial charge on any atom is -0.245 e. The molecular weight excluding hydrogens is 272 g/mol. The van der Waals surface area contributed by atoms with Gasteiger partial charge in [-0.2, -0.15) is 0 Å². The van der Waals surface area contributed by atoms with Crippen molar-refractivity contribution >= 4 is 27.7 Å². The van der Waals surface area contributed by atoms with E-state index in [-0.39, 0.29) is 0 Å². The number of benzene rings is 1. The summed E-state index contributed by atoms with van der Waals surface area (Å²) in [7, 11) is 0. The molecule has 0 spiro atoms. The lowest BCUT2D eigenvalue weighted by atomic mass is 10.2. The van der Waals surface area contributed by atoms with Crippen molar-refractivity contribution in [2.45, 2.75) is 10.8 Å². The van der Waals surface area contributed by atoms with Crippen LogP contribution in [0.5, 0.6) is 0 Å². The van der Waals surface area contributed by atoms with E-state index >= 15 is 0 Å². The standard InChI is InChI=1S/C11H9BrN2S/c12-10-3-1-2-9(6-10)7-15-11-4-5-13-8-14-11/h1-6,8H,7H2. The highest BCUT2D eigenvalue weighted by atomic mass is 79.9. The van der Waals surface area contributed by atoms with E-state index in [9.17, 15) is 0 Å². The minimum absolute atomic E-state index is 0.927. The molecule has 0 unspecified atom stereocenters. The smallest absolute Gasteiger partial charge is 0.116 e. The van der Waals surface area contributed by atoms with Gasteiger partial charge in [-0.15, -0.1) is 11.8 Å². The van der Waals surface area contributed by atoms with E-state index in [1.807, 2.05) is 18.2 Å². The van der Waals surface area contributed by atoms with Gasteiger partial charge < -0.3 is 0 Å². The van der Waals surface area contributed by atoms with E-state index in [1.165, 1.54) is 5.56 Å². The van der Waals surface area contributed by atoms with Crippen LogP contribution < -0.4 is 0 Å². The number of halogens is 1. The molecule has 0 aliphatic heterocycles. The highest BCUT2D eigenvalue weighted by Gasteiger charge is 1.97. The molecule has 0 saturated carbocycles. The van der Waals surface area contributed by atoms with Crippen LogP contribution in [0, 0.1) is 0 Å². The maximum atomic E-state index is 4.16. The van der Waals surface area contributed by atoms with Crippen LogP contribution in [0.2, 0.25) is 0 Å². The zero-order chi connectivity index (χ0) is 10.5. The lowest BCUT2D eigenvalue weighted by Gasteiger charge is -2.01. The van der Waals surface area contributed by atoms with Gasteiger partial charge in [-0.1, -0.05) is 28.1 Å². The molecule has 4 heteroatoms. The molecule has 0 bridgehead atoms. The van der Waals surface area contributed by atoms with E-state index in [0.717, 1.165) is 15.3 Å². The first-order valence-corrected chi connectivity index (χ1v) is 6.26. The number of hydrogen-bond acceptors (Lipinski definition) is 3. The van der Waals surface area contributed by atoms with Crippen LogP contribution >= 0.6 is 27.7 Å². The lowest BCUT2D eigenvalue weighted by Crippen LogP contribution is -1.83. The average molecular weight is 281 g/mol. The molecule has 0 radical (unpaired) electrons. The Labute approximate surface area is 101 Å². The predicted octanol–water partition coefficient (Wildman–Crippen LogP) is 3.53. The molecule has 0 N–H and O–H groups in total. The Bertz CT molecular complexity index is 434. The fraction of sp³-hybridized carbons (Fsp3) is 0.0909. The molecule has 0 aliphatic carbocycles. The van der Waals surface area contributed by atoms with E-state index in [4.69, 9.17) is 0 Å². The maximum Gasteiger partial charge on any atom is 0.116 e. The summed E-state index contributed by atoms with van der Waals surface area (Å²) in [6.45, 7) is 0. The summed E-state index contributed by atoms with van der Waals surface area (Å²) in [6, 6.07) is 10.2. The molecule has 0 aliphatic rings. The third-order valence-corrected chi connectivity index (χ3v) is 3.34. The summed E-state index contributed by atoms with van der Waals surface area (Å²) >= 11 is 5.16. The summed E-state index contributed by atoms with van der Waals surface area (Å²) in [5.41, 5.74) is 1.29. The average Bonchev–Trinajstić information content (AvgIpc) is 2.28. The second-order valence-corrected chi connectivity index (χ2v) is 4.88. The van der Waals surface area contributed by atoms with Gasteiger partial charge in [0.25, 0.3) is 0 Å². The van der Waals surface area contributed by atoms with Gasteiger partial charge in [0.15, 0.2) is 0 Å². The summed E-state index contributed by atoms with van der Waals surface area (Å²) < 4.78 is 1.11. The van der Waals surface area contributed by atoms with Crippen molar-refractivity contribution in [3.05, 3.63) is 52.9 Å². The van der Waals surface area contributed by atoms with E-state index in [0.29, 0.717) is 0 Å². The quantitative estimate of drug-likeness (QED) is 0.635. The summed E-state index contributed by atoms with van der Waals surface area (Å²) in [6.07, 6.45) is 3.33. The van der Waals surface area contributed by atoms with Crippen molar-refractivity contribution in [2.24, 2.45) is 0 Å². The molecule has 2 aromatic rings. The van der Waals surface area contributed by atoms with E-state index < -0.39 is 0 Å². The molecule has 0 amide bonds. The molecule has 76 valence electrons. The Morgan fingerprint density at radius 1 is 1.27 bits per heavy atom. The molecule has 1 aromatic carbocycles. The van der Waals surface area contributed by atoms with Crippen molar-refractivity contribution in [1.29, 1.82) is 0 Å². The van der Waals surface area contributed by atoms with Crippen LogP contribution in [0.3, 0.4) is 0 Å². The number of nitrogens with zero attached hydrogens (tertiary/aromatic N) is 2. The fourth-order valence-electron chi connectivity index (χ4n) is 1.15. The molecule has 2 rings (SSSR count). The molecule has 0 fully saturated rings. The summed E-state index contributed by atoms with van der Waals surface area (Å²) in [5, 5.41) is 1.00. The van der Waals surface area contributed by atoms with Gasteiger partial charge in [-0.25, -0.2) is 9.97 Å². The molecule has 15 heavy (non-hydrogen) atoms. The van der Waals surface area contributed by atoms with Crippen molar-refractivity contribution in [2.75, 3.05) is 0 Å². The Morgan fingerprint density at radius 2 is 2.20 bits per heavy atom. The van der Waals surface area contributed by atoms with Crippen LogP contribution in [0.15, 0.2) is 52.4 Å². The molecule has 1 aromatic heterocycles. The van der Waals surface area contributed by atoms with Crippen molar-refractivity contribution < 1.29 is 0 Å². The molecular formula is C11H9BrN2S. The number of hydrogen-bond donors (Lipinski definition) is 0. The van der Waals surface area contributed by atoms with Gasteiger partial charge in [-0.3, -0.25) is 0 Å². The Hall–Kier alpha value is -0.870. The molecule has 2 nitrogen and oxygen atoms in total. The highest BCUT2D eigenvalue weighted by molar-refractivity contribution is 9.10. The van der Waals surface area contributed by atoms with Gasteiger partial charge in [0.1, 0.15) is 6.33 Å². The normalized spacial score (nSPS) is 10.2. The monoisotopic (exact) mass is 280 g/mol. The minimum atomic E-state index is 0.927. The number of thioether (sulfide) groups is 1. The summed E-state index contributed by atoms with van der Waals surface area (Å²) in [5.74, 6) is 0.927. The maximum absolute atomic E-state index is 4.16. The van der Waals surface area contributed by atoms with Crippen LogP contribution in [0.4, 0.5) is 0 Å². The first-order valence-electron chi connectivity index (χ1n) is 4.48. The van der Waals surface area contributed by atoms with Crippen LogP contribution in [0.25, 0.3) is 0 Å². The topological polar surface area (TPSA) is 25.8 Å².